The number of carbonyl (C=O) groups is 1. The van der Waals surface area contributed by atoms with Crippen LogP contribution in [0.1, 0.15) is 15.9 Å². The van der Waals surface area contributed by atoms with Crippen LogP contribution in [0.4, 0.5) is 5.13 Å². The molecular weight excluding hydrogens is 308 g/mol. The highest BCUT2D eigenvalue weighted by atomic mass is 35.5. The monoisotopic (exact) mass is 318 g/mol. The lowest BCUT2D eigenvalue weighted by atomic mass is 10.2. The molecular formula is C15H11ClN2O2S. The van der Waals surface area contributed by atoms with Crippen LogP contribution in [0, 0.1) is 0 Å². The molecule has 0 amide bonds. The van der Waals surface area contributed by atoms with Crippen LogP contribution < -0.4 is 5.32 Å². The zero-order valence-electron chi connectivity index (χ0n) is 10.8. The summed E-state index contributed by atoms with van der Waals surface area (Å²) < 4.78 is 0.862. The van der Waals surface area contributed by atoms with Crippen LogP contribution in [-0.2, 0) is 6.54 Å². The summed E-state index contributed by atoms with van der Waals surface area (Å²) >= 11 is 7.41. The molecule has 2 N–H and O–H groups in total. The summed E-state index contributed by atoms with van der Waals surface area (Å²) in [6, 6.07) is 13.1. The summed E-state index contributed by atoms with van der Waals surface area (Å²) in [5, 5.41) is 13.3. The Balaban J connectivity index is 1.86. The van der Waals surface area contributed by atoms with Gasteiger partial charge in [-0.1, -0.05) is 53.3 Å². The Morgan fingerprint density at radius 3 is 2.76 bits per heavy atom. The highest BCUT2D eigenvalue weighted by Gasteiger charge is 2.13. The van der Waals surface area contributed by atoms with Gasteiger partial charge in [-0.05, 0) is 17.7 Å². The molecule has 21 heavy (non-hydrogen) atoms. The molecule has 0 fully saturated rings. The molecule has 106 valence electrons. The standard InChI is InChI=1S/C15H11ClN2O2S/c16-11-7-13-12(6-10(11)14(19)20)18-15(21-13)17-8-9-4-2-1-3-5-9/h1-7H,8H2,(H,17,18)(H,19,20). The number of nitrogens with zero attached hydrogens (tertiary/aromatic N) is 1. The Bertz CT molecular complexity index is 802. The molecule has 0 bridgehead atoms. The lowest BCUT2D eigenvalue weighted by Crippen LogP contribution is -1.98. The summed E-state index contributed by atoms with van der Waals surface area (Å²) in [7, 11) is 0. The second-order valence-corrected chi connectivity index (χ2v) is 5.90. The number of fused-ring (bicyclic) bond motifs is 1. The molecule has 0 radical (unpaired) electrons. The van der Waals surface area contributed by atoms with E-state index < -0.39 is 5.97 Å². The number of nitrogens with one attached hydrogen (secondary N) is 1. The van der Waals surface area contributed by atoms with Gasteiger partial charge in [0.25, 0.3) is 0 Å². The van der Waals surface area contributed by atoms with E-state index in [1.165, 1.54) is 17.4 Å². The van der Waals surface area contributed by atoms with E-state index in [4.69, 9.17) is 16.7 Å². The second-order valence-electron chi connectivity index (χ2n) is 4.46. The third kappa shape index (κ3) is 2.99. The highest BCUT2D eigenvalue weighted by molar-refractivity contribution is 7.22. The molecule has 0 aliphatic carbocycles. The number of carboxylic acid groups (broad SMARTS) is 1. The Kier molecular flexibility index (Phi) is 3.77. The maximum Gasteiger partial charge on any atom is 0.337 e. The Hall–Kier alpha value is -2.11. The van der Waals surface area contributed by atoms with Gasteiger partial charge in [-0.2, -0.15) is 0 Å². The van der Waals surface area contributed by atoms with E-state index in [2.05, 4.69) is 10.3 Å². The van der Waals surface area contributed by atoms with E-state index in [1.54, 1.807) is 6.07 Å². The number of halogens is 1. The van der Waals surface area contributed by atoms with Gasteiger partial charge in [-0.15, -0.1) is 0 Å². The predicted molar refractivity (Wildman–Crippen MR) is 85.4 cm³/mol. The van der Waals surface area contributed by atoms with Crippen LogP contribution in [0.3, 0.4) is 0 Å². The van der Waals surface area contributed by atoms with Crippen molar-refractivity contribution in [3.05, 3.63) is 58.6 Å². The largest absolute Gasteiger partial charge is 0.478 e. The van der Waals surface area contributed by atoms with Gasteiger partial charge in [0, 0.05) is 6.54 Å². The molecule has 0 unspecified atom stereocenters. The average Bonchev–Trinajstić information content (AvgIpc) is 2.87. The number of anilines is 1. The average molecular weight is 319 g/mol. The van der Waals surface area contributed by atoms with Gasteiger partial charge in [0.2, 0.25) is 0 Å². The van der Waals surface area contributed by atoms with Crippen LogP contribution in [-0.4, -0.2) is 16.1 Å². The smallest absolute Gasteiger partial charge is 0.337 e. The van der Waals surface area contributed by atoms with Gasteiger partial charge < -0.3 is 10.4 Å². The molecule has 0 atom stereocenters. The Morgan fingerprint density at radius 1 is 1.29 bits per heavy atom. The third-order valence-electron chi connectivity index (χ3n) is 2.99. The van der Waals surface area contributed by atoms with Crippen molar-refractivity contribution in [2.24, 2.45) is 0 Å². The first-order chi connectivity index (χ1) is 10.1. The van der Waals surface area contributed by atoms with Gasteiger partial charge >= 0.3 is 5.97 Å². The molecule has 0 aliphatic rings. The van der Waals surface area contributed by atoms with Crippen LogP contribution in [0.2, 0.25) is 5.02 Å². The summed E-state index contributed by atoms with van der Waals surface area (Å²) in [5.41, 5.74) is 1.86. The predicted octanol–water partition coefficient (Wildman–Crippen LogP) is 4.26. The van der Waals surface area contributed by atoms with Crippen molar-refractivity contribution in [2.75, 3.05) is 5.32 Å². The van der Waals surface area contributed by atoms with Gasteiger partial charge in [0.05, 0.1) is 20.8 Å². The normalized spacial score (nSPS) is 10.7. The van der Waals surface area contributed by atoms with E-state index in [1.807, 2.05) is 30.3 Å². The van der Waals surface area contributed by atoms with Crippen molar-refractivity contribution in [1.29, 1.82) is 0 Å². The quantitative estimate of drug-likeness (QED) is 0.754. The highest BCUT2D eigenvalue weighted by Crippen LogP contribution is 2.31. The summed E-state index contributed by atoms with van der Waals surface area (Å²) in [4.78, 5) is 15.5. The Labute approximate surface area is 130 Å². The first kappa shape index (κ1) is 13.9. The number of carboxylic acids is 1. The van der Waals surface area contributed by atoms with Crippen LogP contribution in [0.25, 0.3) is 10.2 Å². The number of hydrogen-bond acceptors (Lipinski definition) is 4. The SMILES string of the molecule is O=C(O)c1cc2nc(NCc3ccccc3)sc2cc1Cl. The number of thiazole rings is 1. The first-order valence-electron chi connectivity index (χ1n) is 6.24. The van der Waals surface area contributed by atoms with E-state index in [9.17, 15) is 4.79 Å². The van der Waals surface area contributed by atoms with Gasteiger partial charge in [-0.25, -0.2) is 9.78 Å². The fourth-order valence-electron chi connectivity index (χ4n) is 1.96. The molecule has 0 aliphatic heterocycles. The minimum atomic E-state index is -1.05. The summed E-state index contributed by atoms with van der Waals surface area (Å²) in [6.07, 6.45) is 0. The van der Waals surface area contributed by atoms with E-state index in [0.29, 0.717) is 12.1 Å². The molecule has 0 spiro atoms. The number of rotatable bonds is 4. The lowest BCUT2D eigenvalue weighted by molar-refractivity contribution is 0.0697. The molecule has 2 aromatic carbocycles. The van der Waals surface area contributed by atoms with Crippen molar-refractivity contribution < 1.29 is 9.90 Å². The van der Waals surface area contributed by atoms with Crippen LogP contribution in [0.15, 0.2) is 42.5 Å². The van der Waals surface area contributed by atoms with Crippen LogP contribution in [0.5, 0.6) is 0 Å². The van der Waals surface area contributed by atoms with Crippen LogP contribution >= 0.6 is 22.9 Å². The molecule has 3 aromatic rings. The number of aromatic carboxylic acids is 1. The molecule has 4 nitrogen and oxygen atoms in total. The number of aromatic nitrogens is 1. The maximum absolute atomic E-state index is 11.1. The minimum absolute atomic E-state index is 0.0732. The molecule has 6 heteroatoms. The Morgan fingerprint density at radius 2 is 2.05 bits per heavy atom. The topological polar surface area (TPSA) is 62.2 Å². The van der Waals surface area contributed by atoms with Crippen molar-refractivity contribution in [3.8, 4) is 0 Å². The van der Waals surface area contributed by atoms with Crippen molar-refractivity contribution in [1.82, 2.24) is 4.98 Å². The fourth-order valence-corrected chi connectivity index (χ4v) is 3.15. The molecule has 3 rings (SSSR count). The third-order valence-corrected chi connectivity index (χ3v) is 4.28. The summed E-state index contributed by atoms with van der Waals surface area (Å²) in [6.45, 7) is 0.667. The molecule has 1 heterocycles. The maximum atomic E-state index is 11.1. The lowest BCUT2D eigenvalue weighted by Gasteiger charge is -2.01. The summed E-state index contributed by atoms with van der Waals surface area (Å²) in [5.74, 6) is -1.05. The van der Waals surface area contributed by atoms with Crippen molar-refractivity contribution >= 4 is 44.3 Å². The molecule has 0 saturated carbocycles. The van der Waals surface area contributed by atoms with Crippen molar-refractivity contribution in [2.45, 2.75) is 6.54 Å². The van der Waals surface area contributed by atoms with Gasteiger partial charge in [0.15, 0.2) is 5.13 Å². The molecule has 1 aromatic heterocycles. The zero-order valence-corrected chi connectivity index (χ0v) is 12.4. The second kappa shape index (κ2) is 5.71. The fraction of sp³-hybridized carbons (Fsp3) is 0.0667. The minimum Gasteiger partial charge on any atom is -0.478 e. The van der Waals surface area contributed by atoms with E-state index in [-0.39, 0.29) is 10.6 Å². The van der Waals surface area contributed by atoms with Gasteiger partial charge in [0.1, 0.15) is 0 Å². The first-order valence-corrected chi connectivity index (χ1v) is 7.44. The molecule has 0 saturated heterocycles. The van der Waals surface area contributed by atoms with E-state index in [0.717, 1.165) is 15.4 Å². The van der Waals surface area contributed by atoms with Gasteiger partial charge in [-0.3, -0.25) is 0 Å². The van der Waals surface area contributed by atoms with Crippen molar-refractivity contribution in [3.63, 3.8) is 0 Å². The zero-order chi connectivity index (χ0) is 14.8. The number of benzene rings is 2. The number of hydrogen-bond donors (Lipinski definition) is 2. The van der Waals surface area contributed by atoms with E-state index >= 15 is 0 Å².